The zero-order chi connectivity index (χ0) is 13.3. The van der Waals surface area contributed by atoms with Crippen LogP contribution in [-0.4, -0.2) is 33.8 Å². The molecule has 0 fully saturated rings. The van der Waals surface area contributed by atoms with E-state index in [1.807, 2.05) is 6.07 Å². The Morgan fingerprint density at radius 3 is 2.89 bits per heavy atom. The number of methoxy groups -OCH3 is 1. The number of nitrogens with two attached hydrogens (primary N) is 1. The molecule has 0 aliphatic carbocycles. The molecule has 1 aromatic rings. The van der Waals surface area contributed by atoms with Crippen LogP contribution in [0.3, 0.4) is 0 Å². The second-order valence-electron chi connectivity index (χ2n) is 4.01. The van der Waals surface area contributed by atoms with Gasteiger partial charge in [-0.2, -0.15) is 0 Å². The number of sulfonamides is 1. The smallest absolute Gasteiger partial charge is 0.322 e. The predicted octanol–water partition coefficient (Wildman–Crippen LogP) is 0.134. The second-order valence-corrected chi connectivity index (χ2v) is 5.90. The number of benzene rings is 1. The lowest BCUT2D eigenvalue weighted by Gasteiger charge is -2.20. The third-order valence-electron chi connectivity index (χ3n) is 2.85. The average Bonchev–Trinajstić information content (AvgIpc) is 2.74. The molecule has 18 heavy (non-hydrogen) atoms. The fourth-order valence-corrected chi connectivity index (χ4v) is 3.46. The van der Waals surface area contributed by atoms with Crippen molar-refractivity contribution >= 4 is 27.4 Å². The fraction of sp³-hybridized carbons (Fsp3) is 0.364. The molecule has 1 heterocycles. The Kier molecular flexibility index (Phi) is 3.16. The van der Waals surface area contributed by atoms with Crippen LogP contribution < -0.4 is 10.0 Å². The first kappa shape index (κ1) is 12.7. The van der Waals surface area contributed by atoms with Gasteiger partial charge in [0.15, 0.2) is 5.75 Å². The van der Waals surface area contributed by atoms with Gasteiger partial charge < -0.3 is 10.5 Å². The maximum Gasteiger partial charge on any atom is 0.322 e. The number of ether oxygens (including phenoxy) is 1. The van der Waals surface area contributed by atoms with E-state index < -0.39 is 21.7 Å². The van der Waals surface area contributed by atoms with Gasteiger partial charge in [0.1, 0.15) is 0 Å². The van der Waals surface area contributed by atoms with E-state index in [1.54, 1.807) is 12.1 Å². The van der Waals surface area contributed by atoms with E-state index in [0.29, 0.717) is 24.3 Å². The Morgan fingerprint density at radius 2 is 2.22 bits per heavy atom. The summed E-state index contributed by atoms with van der Waals surface area (Å²) in [5.74, 6) is -1.45. The molecule has 0 atom stereocenters. The molecule has 2 rings (SSSR count). The summed E-state index contributed by atoms with van der Waals surface area (Å²) in [6.45, 7) is 0.308. The third kappa shape index (κ3) is 2.13. The highest BCUT2D eigenvalue weighted by atomic mass is 32.2. The molecule has 98 valence electrons. The molecule has 0 amide bonds. The van der Waals surface area contributed by atoms with E-state index in [-0.39, 0.29) is 0 Å². The maximum atomic E-state index is 12.1. The Labute approximate surface area is 105 Å². The quantitative estimate of drug-likeness (QED) is 0.623. The van der Waals surface area contributed by atoms with Crippen LogP contribution >= 0.6 is 0 Å². The molecule has 0 aromatic heterocycles. The van der Waals surface area contributed by atoms with Crippen LogP contribution in [0.4, 0.5) is 11.4 Å². The summed E-state index contributed by atoms with van der Waals surface area (Å²) < 4.78 is 29.8. The molecule has 6 nitrogen and oxygen atoms in total. The van der Waals surface area contributed by atoms with Crippen molar-refractivity contribution in [2.45, 2.75) is 6.42 Å². The van der Waals surface area contributed by atoms with Gasteiger partial charge in [-0.3, -0.25) is 9.10 Å². The Balaban J connectivity index is 2.36. The number of carbonyl (C=O) groups is 1. The molecule has 0 saturated heterocycles. The molecule has 0 bridgehead atoms. The molecular weight excluding hydrogens is 256 g/mol. The minimum atomic E-state index is -3.73. The second kappa shape index (κ2) is 4.49. The van der Waals surface area contributed by atoms with Crippen LogP contribution in [-0.2, 0) is 26.0 Å². The van der Waals surface area contributed by atoms with Crippen molar-refractivity contribution in [3.8, 4) is 0 Å². The molecule has 0 unspecified atom stereocenters. The number of fused-ring (bicyclic) bond motifs is 1. The lowest BCUT2D eigenvalue weighted by molar-refractivity contribution is -0.137. The van der Waals surface area contributed by atoms with Crippen molar-refractivity contribution in [2.24, 2.45) is 0 Å². The van der Waals surface area contributed by atoms with Crippen molar-refractivity contribution in [3.05, 3.63) is 23.8 Å². The first-order valence-corrected chi connectivity index (χ1v) is 7.01. The average molecular weight is 270 g/mol. The zero-order valence-corrected chi connectivity index (χ0v) is 10.7. The molecule has 0 radical (unpaired) electrons. The van der Waals surface area contributed by atoms with Gasteiger partial charge in [-0.05, 0) is 18.1 Å². The van der Waals surface area contributed by atoms with Crippen LogP contribution in [0.25, 0.3) is 0 Å². The van der Waals surface area contributed by atoms with Gasteiger partial charge in [0, 0.05) is 6.54 Å². The normalized spacial score (nSPS) is 14.4. The number of esters is 1. The molecule has 2 N–H and O–H groups in total. The molecule has 7 heteroatoms. The monoisotopic (exact) mass is 270 g/mol. The van der Waals surface area contributed by atoms with E-state index in [0.717, 1.165) is 12.7 Å². The number of nitrogen functional groups attached to an aromatic ring is 1. The number of rotatable bonds is 3. The first-order chi connectivity index (χ1) is 8.45. The number of hydrogen-bond acceptors (Lipinski definition) is 5. The summed E-state index contributed by atoms with van der Waals surface area (Å²) in [6, 6.07) is 5.26. The van der Waals surface area contributed by atoms with Gasteiger partial charge in [0.2, 0.25) is 10.0 Å². The SMILES string of the molecule is COC(=O)CS(=O)(=O)N1CCc2cccc(N)c21. The van der Waals surface area contributed by atoms with E-state index in [1.165, 1.54) is 4.31 Å². The summed E-state index contributed by atoms with van der Waals surface area (Å²) >= 11 is 0. The number of para-hydroxylation sites is 1. The van der Waals surface area contributed by atoms with Crippen molar-refractivity contribution in [3.63, 3.8) is 0 Å². The summed E-state index contributed by atoms with van der Waals surface area (Å²) in [5.41, 5.74) is 7.57. The van der Waals surface area contributed by atoms with Gasteiger partial charge in [-0.1, -0.05) is 12.1 Å². The van der Waals surface area contributed by atoms with Crippen LogP contribution in [0.1, 0.15) is 5.56 Å². The van der Waals surface area contributed by atoms with E-state index in [2.05, 4.69) is 4.74 Å². The molecule has 0 spiro atoms. The van der Waals surface area contributed by atoms with Crippen molar-refractivity contribution in [1.29, 1.82) is 0 Å². The van der Waals surface area contributed by atoms with Gasteiger partial charge in [0.25, 0.3) is 0 Å². The molecule has 1 aromatic carbocycles. The van der Waals surface area contributed by atoms with Crippen LogP contribution in [0.5, 0.6) is 0 Å². The van der Waals surface area contributed by atoms with Gasteiger partial charge in [0.05, 0.1) is 18.5 Å². The standard InChI is InChI=1S/C11H14N2O4S/c1-17-10(14)7-18(15,16)13-6-5-8-3-2-4-9(12)11(8)13/h2-4H,5-7,12H2,1H3. The summed E-state index contributed by atoms with van der Waals surface area (Å²) in [5, 5.41) is 0. The highest BCUT2D eigenvalue weighted by molar-refractivity contribution is 7.93. The van der Waals surface area contributed by atoms with E-state index >= 15 is 0 Å². The fourth-order valence-electron chi connectivity index (χ4n) is 2.01. The number of hydrogen-bond donors (Lipinski definition) is 1. The minimum Gasteiger partial charge on any atom is -0.468 e. The number of nitrogens with zero attached hydrogens (tertiary/aromatic N) is 1. The molecule has 1 aliphatic heterocycles. The van der Waals surface area contributed by atoms with Gasteiger partial charge in [-0.25, -0.2) is 8.42 Å². The van der Waals surface area contributed by atoms with E-state index in [4.69, 9.17) is 5.73 Å². The van der Waals surface area contributed by atoms with Crippen LogP contribution in [0, 0.1) is 0 Å². The summed E-state index contributed by atoms with van der Waals surface area (Å²) in [6.07, 6.45) is 0.598. The Hall–Kier alpha value is -1.76. The lowest BCUT2D eigenvalue weighted by Crippen LogP contribution is -2.34. The summed E-state index contributed by atoms with van der Waals surface area (Å²) in [4.78, 5) is 11.1. The number of carbonyl (C=O) groups excluding carboxylic acids is 1. The van der Waals surface area contributed by atoms with E-state index in [9.17, 15) is 13.2 Å². The number of anilines is 2. The maximum absolute atomic E-state index is 12.1. The van der Waals surface area contributed by atoms with Crippen LogP contribution in [0.15, 0.2) is 18.2 Å². The highest BCUT2D eigenvalue weighted by Gasteiger charge is 2.32. The first-order valence-electron chi connectivity index (χ1n) is 5.40. The van der Waals surface area contributed by atoms with Crippen molar-refractivity contribution in [2.75, 3.05) is 29.4 Å². The Bertz CT molecular complexity index is 583. The van der Waals surface area contributed by atoms with Crippen LogP contribution in [0.2, 0.25) is 0 Å². The Morgan fingerprint density at radius 1 is 1.50 bits per heavy atom. The van der Waals surface area contributed by atoms with Crippen molar-refractivity contribution < 1.29 is 17.9 Å². The van der Waals surface area contributed by atoms with Gasteiger partial charge >= 0.3 is 5.97 Å². The molecule has 1 aliphatic rings. The largest absolute Gasteiger partial charge is 0.468 e. The predicted molar refractivity (Wildman–Crippen MR) is 67.7 cm³/mol. The lowest BCUT2D eigenvalue weighted by atomic mass is 10.1. The minimum absolute atomic E-state index is 0.308. The topological polar surface area (TPSA) is 89.7 Å². The zero-order valence-electron chi connectivity index (χ0n) is 9.92. The molecule has 0 saturated carbocycles. The van der Waals surface area contributed by atoms with Gasteiger partial charge in [-0.15, -0.1) is 0 Å². The highest BCUT2D eigenvalue weighted by Crippen LogP contribution is 2.35. The van der Waals surface area contributed by atoms with Crippen molar-refractivity contribution in [1.82, 2.24) is 0 Å². The molecular formula is C11H14N2O4S. The summed E-state index contributed by atoms with van der Waals surface area (Å²) in [7, 11) is -2.57. The third-order valence-corrected chi connectivity index (χ3v) is 4.49.